The zero-order valence-corrected chi connectivity index (χ0v) is 12.6. The number of aromatic nitrogens is 3. The molecule has 0 aliphatic carbocycles. The van der Waals surface area contributed by atoms with Gasteiger partial charge in [0.15, 0.2) is 0 Å². The van der Waals surface area contributed by atoms with Crippen LogP contribution in [0.25, 0.3) is 0 Å². The van der Waals surface area contributed by atoms with Gasteiger partial charge in [-0.25, -0.2) is 5.43 Å². The van der Waals surface area contributed by atoms with Gasteiger partial charge in [0.25, 0.3) is 0 Å². The lowest BCUT2D eigenvalue weighted by atomic mass is 10.1. The van der Waals surface area contributed by atoms with Crippen LogP contribution in [0.5, 0.6) is 0 Å². The van der Waals surface area contributed by atoms with Gasteiger partial charge in [0.05, 0.1) is 0 Å². The molecule has 1 aromatic heterocycles. The van der Waals surface area contributed by atoms with Gasteiger partial charge in [0, 0.05) is 31.7 Å². The molecule has 8 heteroatoms. The molecule has 2 rings (SSSR count). The van der Waals surface area contributed by atoms with Crippen molar-refractivity contribution in [2.75, 3.05) is 49.3 Å². The van der Waals surface area contributed by atoms with Gasteiger partial charge < -0.3 is 15.5 Å². The smallest absolute Gasteiger partial charge is 0.243 e. The summed E-state index contributed by atoms with van der Waals surface area (Å²) in [6, 6.07) is 0. The van der Waals surface area contributed by atoms with E-state index >= 15 is 0 Å². The van der Waals surface area contributed by atoms with Crippen LogP contribution in [0.3, 0.4) is 0 Å². The predicted octanol–water partition coefficient (Wildman–Crippen LogP) is -0.0794. The molecule has 1 aromatic rings. The molecule has 1 fully saturated rings. The third-order valence-electron chi connectivity index (χ3n) is 2.98. The zero-order chi connectivity index (χ0) is 14.8. The lowest BCUT2D eigenvalue weighted by Crippen LogP contribution is -2.45. The van der Waals surface area contributed by atoms with Crippen LogP contribution in [0.1, 0.15) is 20.8 Å². The molecule has 0 spiro atoms. The van der Waals surface area contributed by atoms with Crippen molar-refractivity contribution < 1.29 is 0 Å². The van der Waals surface area contributed by atoms with Crippen molar-refractivity contribution >= 4 is 17.8 Å². The van der Waals surface area contributed by atoms with Gasteiger partial charge in [-0.15, -0.1) is 0 Å². The Morgan fingerprint density at radius 1 is 1.05 bits per heavy atom. The van der Waals surface area contributed by atoms with E-state index in [2.05, 4.69) is 42.7 Å². The fourth-order valence-electron chi connectivity index (χ4n) is 1.83. The van der Waals surface area contributed by atoms with E-state index in [0.717, 1.165) is 26.2 Å². The number of anilines is 3. The zero-order valence-electron chi connectivity index (χ0n) is 12.6. The molecule has 0 saturated carbocycles. The summed E-state index contributed by atoms with van der Waals surface area (Å²) in [7, 11) is 2.11. The molecule has 0 bridgehead atoms. The molecule has 0 unspecified atom stereocenters. The van der Waals surface area contributed by atoms with Gasteiger partial charge in [-0.1, -0.05) is 0 Å². The Labute approximate surface area is 119 Å². The van der Waals surface area contributed by atoms with Gasteiger partial charge in [0.1, 0.15) is 0 Å². The number of nitrogens with two attached hydrogens (primary N) is 1. The summed E-state index contributed by atoms with van der Waals surface area (Å²) >= 11 is 0. The molecule has 4 N–H and O–H groups in total. The molecule has 1 aliphatic rings. The second-order valence-electron chi connectivity index (χ2n) is 6.11. The molecule has 1 aliphatic heterocycles. The molecular weight excluding hydrogens is 256 g/mol. The maximum Gasteiger partial charge on any atom is 0.243 e. The van der Waals surface area contributed by atoms with E-state index in [0.29, 0.717) is 11.9 Å². The Morgan fingerprint density at radius 3 is 2.30 bits per heavy atom. The van der Waals surface area contributed by atoms with E-state index in [4.69, 9.17) is 5.73 Å². The summed E-state index contributed by atoms with van der Waals surface area (Å²) < 4.78 is 0. The van der Waals surface area contributed by atoms with Crippen molar-refractivity contribution in [1.82, 2.24) is 25.3 Å². The van der Waals surface area contributed by atoms with Gasteiger partial charge in [-0.3, -0.25) is 5.43 Å². The number of nitrogens with one attached hydrogen (secondary N) is 2. The first-order valence-corrected chi connectivity index (χ1v) is 6.82. The van der Waals surface area contributed by atoms with Crippen molar-refractivity contribution in [2.24, 2.45) is 0 Å². The molecule has 0 atom stereocenters. The van der Waals surface area contributed by atoms with Crippen LogP contribution in [0.15, 0.2) is 0 Å². The topological polar surface area (TPSA) is 95.2 Å². The third-order valence-corrected chi connectivity index (χ3v) is 2.98. The van der Waals surface area contributed by atoms with Gasteiger partial charge in [-0.2, -0.15) is 15.0 Å². The first-order chi connectivity index (χ1) is 9.33. The van der Waals surface area contributed by atoms with E-state index in [9.17, 15) is 0 Å². The van der Waals surface area contributed by atoms with Crippen molar-refractivity contribution in [1.29, 1.82) is 0 Å². The SMILES string of the molecule is CN1CCN(c2nc(N)nc(NNC(C)(C)C)n2)CC1. The van der Waals surface area contributed by atoms with Crippen LogP contribution in [-0.4, -0.2) is 58.6 Å². The summed E-state index contributed by atoms with van der Waals surface area (Å²) in [6.07, 6.45) is 0. The third kappa shape index (κ3) is 4.17. The molecule has 2 heterocycles. The van der Waals surface area contributed by atoms with Crippen molar-refractivity contribution in [2.45, 2.75) is 26.3 Å². The van der Waals surface area contributed by atoms with E-state index in [1.165, 1.54) is 0 Å². The van der Waals surface area contributed by atoms with Crippen LogP contribution in [-0.2, 0) is 0 Å². The van der Waals surface area contributed by atoms with Crippen molar-refractivity contribution in [3.8, 4) is 0 Å². The Bertz CT molecular complexity index is 447. The van der Waals surface area contributed by atoms with E-state index in [-0.39, 0.29) is 11.5 Å². The standard InChI is InChI=1S/C12H24N8/c1-12(2,3)18-17-10-14-9(13)15-11(16-10)20-7-5-19(4)6-8-20/h18H,5-8H2,1-4H3,(H3,13,14,15,16,17). The Balaban J connectivity index is 2.08. The monoisotopic (exact) mass is 280 g/mol. The number of hydrogen-bond donors (Lipinski definition) is 3. The van der Waals surface area contributed by atoms with Crippen molar-refractivity contribution in [3.05, 3.63) is 0 Å². The second-order valence-corrected chi connectivity index (χ2v) is 6.11. The Hall–Kier alpha value is -1.67. The summed E-state index contributed by atoms with van der Waals surface area (Å²) in [6.45, 7) is 9.92. The molecule has 8 nitrogen and oxygen atoms in total. The molecular formula is C12H24N8. The maximum absolute atomic E-state index is 5.77. The van der Waals surface area contributed by atoms with Crippen LogP contribution in [0.4, 0.5) is 17.8 Å². The fraction of sp³-hybridized carbons (Fsp3) is 0.750. The number of piperazine rings is 1. The highest BCUT2D eigenvalue weighted by Crippen LogP contribution is 2.13. The van der Waals surface area contributed by atoms with Crippen LogP contribution < -0.4 is 21.5 Å². The van der Waals surface area contributed by atoms with E-state index in [1.54, 1.807) is 0 Å². The molecule has 112 valence electrons. The number of nitrogens with zero attached hydrogens (tertiary/aromatic N) is 5. The van der Waals surface area contributed by atoms with Gasteiger partial charge in [-0.05, 0) is 27.8 Å². The largest absolute Gasteiger partial charge is 0.368 e. The molecule has 1 saturated heterocycles. The van der Waals surface area contributed by atoms with Crippen LogP contribution in [0, 0.1) is 0 Å². The van der Waals surface area contributed by atoms with Crippen molar-refractivity contribution in [3.63, 3.8) is 0 Å². The summed E-state index contributed by atoms with van der Waals surface area (Å²) in [5.41, 5.74) is 11.8. The molecule has 0 radical (unpaired) electrons. The molecule has 20 heavy (non-hydrogen) atoms. The average molecular weight is 280 g/mol. The maximum atomic E-state index is 5.77. The summed E-state index contributed by atoms with van der Waals surface area (Å²) in [5, 5.41) is 0. The van der Waals surface area contributed by atoms with Gasteiger partial charge in [0.2, 0.25) is 17.8 Å². The Morgan fingerprint density at radius 2 is 1.70 bits per heavy atom. The average Bonchev–Trinajstić information content (AvgIpc) is 2.36. The first-order valence-electron chi connectivity index (χ1n) is 6.82. The molecule has 0 amide bonds. The Kier molecular flexibility index (Phi) is 4.24. The number of hydrogen-bond acceptors (Lipinski definition) is 8. The highest BCUT2D eigenvalue weighted by molar-refractivity contribution is 5.41. The first kappa shape index (κ1) is 14.7. The predicted molar refractivity (Wildman–Crippen MR) is 80.5 cm³/mol. The number of rotatable bonds is 3. The lowest BCUT2D eigenvalue weighted by molar-refractivity contribution is 0.311. The fourth-order valence-corrected chi connectivity index (χ4v) is 1.83. The quantitative estimate of drug-likeness (QED) is 0.662. The number of likely N-dealkylation sites (N-methyl/N-ethyl adjacent to an activating group) is 1. The summed E-state index contributed by atoms with van der Waals surface area (Å²) in [5.74, 6) is 1.30. The minimum Gasteiger partial charge on any atom is -0.368 e. The normalized spacial score (nSPS) is 17.3. The highest BCUT2D eigenvalue weighted by Gasteiger charge is 2.18. The minimum atomic E-state index is -0.0879. The highest BCUT2D eigenvalue weighted by atomic mass is 15.5. The summed E-state index contributed by atoms with van der Waals surface area (Å²) in [4.78, 5) is 17.1. The van der Waals surface area contributed by atoms with E-state index < -0.39 is 0 Å². The number of nitrogen functional groups attached to an aromatic ring is 1. The lowest BCUT2D eigenvalue weighted by Gasteiger charge is -2.32. The second kappa shape index (κ2) is 5.76. The van der Waals surface area contributed by atoms with Crippen LogP contribution >= 0.6 is 0 Å². The minimum absolute atomic E-state index is 0.0879. The molecule has 0 aromatic carbocycles. The van der Waals surface area contributed by atoms with Crippen LogP contribution in [0.2, 0.25) is 0 Å². The number of hydrazine groups is 1. The van der Waals surface area contributed by atoms with E-state index in [1.807, 2.05) is 20.8 Å². The van der Waals surface area contributed by atoms with Gasteiger partial charge >= 0.3 is 0 Å².